The van der Waals surface area contributed by atoms with Crippen LogP contribution in [0.5, 0.6) is 0 Å². The molecule has 0 saturated heterocycles. The molecule has 84 valence electrons. The first-order valence-electron chi connectivity index (χ1n) is 5.81. The van der Waals surface area contributed by atoms with Crippen molar-refractivity contribution in [1.29, 1.82) is 0 Å². The average molecular weight is 225 g/mol. The molecule has 1 atom stereocenters. The zero-order chi connectivity index (χ0) is 11.4. The minimum atomic E-state index is 0.167. The Bertz CT molecular complexity index is 313. The highest BCUT2D eigenvalue weighted by Gasteiger charge is 2.19. The summed E-state index contributed by atoms with van der Waals surface area (Å²) in [6.07, 6.45) is 2.30. The molecule has 0 aliphatic carbocycles. The lowest BCUT2D eigenvalue weighted by Gasteiger charge is -2.21. The topological polar surface area (TPSA) is 0 Å². The summed E-state index contributed by atoms with van der Waals surface area (Å²) in [7, 11) is 0. The molecule has 15 heavy (non-hydrogen) atoms. The van der Waals surface area contributed by atoms with E-state index < -0.39 is 0 Å². The van der Waals surface area contributed by atoms with Crippen molar-refractivity contribution in [2.75, 3.05) is 0 Å². The largest absolute Gasteiger partial charge is 0.118 e. The smallest absolute Gasteiger partial charge is 0.0615 e. The molecular weight excluding hydrogens is 204 g/mol. The Hall–Kier alpha value is -0.490. The van der Waals surface area contributed by atoms with Crippen LogP contribution in [0, 0.1) is 19.8 Å². The summed E-state index contributed by atoms with van der Waals surface area (Å²) in [5.74, 6) is 0.590. The number of hydrogen-bond acceptors (Lipinski definition) is 0. The van der Waals surface area contributed by atoms with E-state index in [1.807, 2.05) is 0 Å². The summed E-state index contributed by atoms with van der Waals surface area (Å²) in [5.41, 5.74) is 3.92. The third kappa shape index (κ3) is 2.98. The van der Waals surface area contributed by atoms with E-state index in [0.717, 1.165) is 12.8 Å². The van der Waals surface area contributed by atoms with Crippen molar-refractivity contribution in [2.45, 2.75) is 45.9 Å². The van der Waals surface area contributed by atoms with Gasteiger partial charge in [-0.2, -0.15) is 0 Å². The highest BCUT2D eigenvalue weighted by molar-refractivity contribution is 6.21. The zero-order valence-electron chi connectivity index (χ0n) is 10.2. The fourth-order valence-corrected chi connectivity index (χ4v) is 2.60. The van der Waals surface area contributed by atoms with Crippen molar-refractivity contribution in [3.8, 4) is 0 Å². The lowest BCUT2D eigenvalue weighted by atomic mass is 9.91. The predicted molar refractivity (Wildman–Crippen MR) is 68.6 cm³/mol. The predicted octanol–water partition coefficient (Wildman–Crippen LogP) is 5.02. The normalized spacial score (nSPS) is 13.2. The molecule has 0 aliphatic heterocycles. The Labute approximate surface area is 98.7 Å². The van der Waals surface area contributed by atoms with E-state index in [2.05, 4.69) is 45.9 Å². The molecule has 0 N–H and O–H groups in total. The standard InChI is InChI=1S/C14H21Cl/c1-5-12(6-2)14(15)13-9-10(3)7-8-11(13)4/h7-9,12,14H,5-6H2,1-4H3. The van der Waals surface area contributed by atoms with Gasteiger partial charge in [0.2, 0.25) is 0 Å². The summed E-state index contributed by atoms with van der Waals surface area (Å²) in [6, 6.07) is 6.54. The number of alkyl halides is 1. The molecule has 0 spiro atoms. The zero-order valence-corrected chi connectivity index (χ0v) is 10.9. The minimum Gasteiger partial charge on any atom is -0.118 e. The molecule has 0 radical (unpaired) electrons. The van der Waals surface area contributed by atoms with Gasteiger partial charge < -0.3 is 0 Å². The fraction of sp³-hybridized carbons (Fsp3) is 0.571. The van der Waals surface area contributed by atoms with Crippen LogP contribution in [0.2, 0.25) is 0 Å². The van der Waals surface area contributed by atoms with Gasteiger partial charge in [-0.1, -0.05) is 50.5 Å². The van der Waals surface area contributed by atoms with Gasteiger partial charge in [-0.25, -0.2) is 0 Å². The third-order valence-corrected chi connectivity index (χ3v) is 3.79. The third-order valence-electron chi connectivity index (χ3n) is 3.19. The monoisotopic (exact) mass is 224 g/mol. The van der Waals surface area contributed by atoms with Crippen molar-refractivity contribution in [3.05, 3.63) is 34.9 Å². The molecule has 1 aromatic rings. The fourth-order valence-electron chi connectivity index (χ4n) is 2.01. The van der Waals surface area contributed by atoms with Crippen LogP contribution in [-0.4, -0.2) is 0 Å². The molecule has 0 bridgehead atoms. The second kappa shape index (κ2) is 5.55. The molecule has 1 rings (SSSR count). The van der Waals surface area contributed by atoms with Crippen molar-refractivity contribution >= 4 is 11.6 Å². The van der Waals surface area contributed by atoms with Gasteiger partial charge in [0.1, 0.15) is 0 Å². The second-order valence-electron chi connectivity index (χ2n) is 4.34. The lowest BCUT2D eigenvalue weighted by Crippen LogP contribution is -2.07. The first kappa shape index (κ1) is 12.6. The summed E-state index contributed by atoms with van der Waals surface area (Å²) in [6.45, 7) is 8.70. The Balaban J connectivity index is 2.98. The van der Waals surface area contributed by atoms with E-state index in [4.69, 9.17) is 11.6 Å². The van der Waals surface area contributed by atoms with E-state index >= 15 is 0 Å². The number of halogens is 1. The number of aryl methyl sites for hydroxylation is 2. The van der Waals surface area contributed by atoms with Gasteiger partial charge in [0.15, 0.2) is 0 Å². The minimum absolute atomic E-state index is 0.167. The summed E-state index contributed by atoms with van der Waals surface area (Å²) < 4.78 is 0. The van der Waals surface area contributed by atoms with Gasteiger partial charge in [-0.3, -0.25) is 0 Å². The lowest BCUT2D eigenvalue weighted by molar-refractivity contribution is 0.475. The first-order chi connectivity index (χ1) is 7.10. The van der Waals surface area contributed by atoms with E-state index in [9.17, 15) is 0 Å². The molecular formula is C14H21Cl. The quantitative estimate of drug-likeness (QED) is 0.630. The Morgan fingerprint density at radius 1 is 1.13 bits per heavy atom. The molecule has 0 aliphatic rings. The Kier molecular flexibility index (Phi) is 4.66. The molecule has 0 saturated carbocycles. The maximum atomic E-state index is 6.55. The maximum absolute atomic E-state index is 6.55. The van der Waals surface area contributed by atoms with Crippen LogP contribution in [0.4, 0.5) is 0 Å². The number of hydrogen-bond donors (Lipinski definition) is 0. The second-order valence-corrected chi connectivity index (χ2v) is 4.81. The van der Waals surface area contributed by atoms with E-state index in [-0.39, 0.29) is 5.38 Å². The van der Waals surface area contributed by atoms with Crippen molar-refractivity contribution in [3.63, 3.8) is 0 Å². The van der Waals surface area contributed by atoms with Crippen LogP contribution in [-0.2, 0) is 0 Å². The summed E-state index contributed by atoms with van der Waals surface area (Å²) in [4.78, 5) is 0. The molecule has 0 heterocycles. The van der Waals surface area contributed by atoms with E-state index in [0.29, 0.717) is 5.92 Å². The number of rotatable bonds is 4. The highest BCUT2D eigenvalue weighted by atomic mass is 35.5. The van der Waals surface area contributed by atoms with Crippen LogP contribution in [0.3, 0.4) is 0 Å². The van der Waals surface area contributed by atoms with Crippen LogP contribution in [0.15, 0.2) is 18.2 Å². The first-order valence-corrected chi connectivity index (χ1v) is 6.25. The van der Waals surface area contributed by atoms with Crippen molar-refractivity contribution in [1.82, 2.24) is 0 Å². The SMILES string of the molecule is CCC(CC)C(Cl)c1cc(C)ccc1C. The van der Waals surface area contributed by atoms with Crippen LogP contribution < -0.4 is 0 Å². The summed E-state index contributed by atoms with van der Waals surface area (Å²) in [5, 5.41) is 0.167. The van der Waals surface area contributed by atoms with E-state index in [1.165, 1.54) is 16.7 Å². The Morgan fingerprint density at radius 2 is 1.73 bits per heavy atom. The number of benzene rings is 1. The van der Waals surface area contributed by atoms with E-state index in [1.54, 1.807) is 0 Å². The molecule has 1 heteroatoms. The van der Waals surface area contributed by atoms with Crippen LogP contribution >= 0.6 is 11.6 Å². The molecule has 0 nitrogen and oxygen atoms in total. The van der Waals surface area contributed by atoms with Gasteiger partial charge in [-0.05, 0) is 30.9 Å². The van der Waals surface area contributed by atoms with Gasteiger partial charge in [0, 0.05) is 0 Å². The van der Waals surface area contributed by atoms with Crippen molar-refractivity contribution in [2.24, 2.45) is 5.92 Å². The Morgan fingerprint density at radius 3 is 2.27 bits per heavy atom. The van der Waals surface area contributed by atoms with Crippen molar-refractivity contribution < 1.29 is 0 Å². The van der Waals surface area contributed by atoms with Gasteiger partial charge in [-0.15, -0.1) is 11.6 Å². The molecule has 1 unspecified atom stereocenters. The maximum Gasteiger partial charge on any atom is 0.0615 e. The molecule has 0 aromatic heterocycles. The van der Waals surface area contributed by atoms with Gasteiger partial charge >= 0.3 is 0 Å². The average Bonchev–Trinajstić information content (AvgIpc) is 2.23. The van der Waals surface area contributed by atoms with Crippen LogP contribution in [0.1, 0.15) is 48.8 Å². The highest BCUT2D eigenvalue weighted by Crippen LogP contribution is 2.35. The molecule has 0 amide bonds. The molecule has 1 aromatic carbocycles. The summed E-state index contributed by atoms with van der Waals surface area (Å²) >= 11 is 6.55. The van der Waals surface area contributed by atoms with Crippen LogP contribution in [0.25, 0.3) is 0 Å². The van der Waals surface area contributed by atoms with Gasteiger partial charge in [0.05, 0.1) is 5.38 Å². The molecule has 0 fully saturated rings. The van der Waals surface area contributed by atoms with Gasteiger partial charge in [0.25, 0.3) is 0 Å².